The summed E-state index contributed by atoms with van der Waals surface area (Å²) >= 11 is 0. The van der Waals surface area contributed by atoms with E-state index in [4.69, 9.17) is 5.11 Å². The van der Waals surface area contributed by atoms with Crippen molar-refractivity contribution >= 4 is 5.91 Å². The molecule has 0 aromatic rings. The Morgan fingerprint density at radius 3 is 2.53 bits per heavy atom. The highest BCUT2D eigenvalue weighted by molar-refractivity contribution is 5.79. The summed E-state index contributed by atoms with van der Waals surface area (Å²) in [5, 5.41) is 21.1. The average Bonchev–Trinajstić information content (AvgIpc) is 2.39. The first-order chi connectivity index (χ1) is 8.91. The predicted octanol–water partition coefficient (Wildman–Crippen LogP) is 0.745. The molecule has 0 aliphatic carbocycles. The fourth-order valence-corrected chi connectivity index (χ4v) is 2.16. The van der Waals surface area contributed by atoms with E-state index in [0.717, 1.165) is 25.9 Å². The number of likely N-dealkylation sites (tertiary alicyclic amines) is 1. The van der Waals surface area contributed by atoms with Crippen LogP contribution < -0.4 is 5.32 Å². The van der Waals surface area contributed by atoms with Gasteiger partial charge < -0.3 is 10.4 Å². The Labute approximate surface area is 115 Å². The van der Waals surface area contributed by atoms with Crippen LogP contribution in [0.4, 0.5) is 0 Å². The highest BCUT2D eigenvalue weighted by Gasteiger charge is 2.30. The van der Waals surface area contributed by atoms with Gasteiger partial charge in [0.25, 0.3) is 0 Å². The van der Waals surface area contributed by atoms with Gasteiger partial charge in [-0.2, -0.15) is 5.26 Å². The molecular formula is C14H25N3O2. The maximum Gasteiger partial charge on any atom is 0.235 e. The van der Waals surface area contributed by atoms with Gasteiger partial charge in [-0.15, -0.1) is 0 Å². The van der Waals surface area contributed by atoms with Crippen molar-refractivity contribution < 1.29 is 9.90 Å². The first-order valence-corrected chi connectivity index (χ1v) is 6.96. The minimum absolute atomic E-state index is 0.0709. The van der Waals surface area contributed by atoms with E-state index in [1.807, 2.05) is 13.8 Å². The number of nitriles is 1. The summed E-state index contributed by atoms with van der Waals surface area (Å²) in [5.41, 5.74) is -0.805. The van der Waals surface area contributed by atoms with E-state index in [1.165, 1.54) is 0 Å². The Morgan fingerprint density at radius 2 is 2.11 bits per heavy atom. The lowest BCUT2D eigenvalue weighted by Gasteiger charge is -2.32. The van der Waals surface area contributed by atoms with Crippen LogP contribution in [0.5, 0.6) is 0 Å². The molecule has 1 saturated heterocycles. The molecule has 0 saturated carbocycles. The lowest BCUT2D eigenvalue weighted by Crippen LogP contribution is -2.52. The molecular weight excluding hydrogens is 242 g/mol. The van der Waals surface area contributed by atoms with Gasteiger partial charge in [0.15, 0.2) is 0 Å². The number of nitrogens with one attached hydrogen (secondary N) is 1. The van der Waals surface area contributed by atoms with Crippen LogP contribution in [0.2, 0.25) is 0 Å². The Morgan fingerprint density at radius 1 is 1.53 bits per heavy atom. The number of amides is 1. The third-order valence-corrected chi connectivity index (χ3v) is 4.12. The fraction of sp³-hybridized carbons (Fsp3) is 0.857. The van der Waals surface area contributed by atoms with Crippen LogP contribution in [0.1, 0.15) is 33.6 Å². The normalized spacial score (nSPS) is 20.8. The van der Waals surface area contributed by atoms with Crippen LogP contribution in [0.15, 0.2) is 0 Å². The van der Waals surface area contributed by atoms with Gasteiger partial charge in [-0.3, -0.25) is 9.69 Å². The van der Waals surface area contributed by atoms with Crippen LogP contribution in [0.3, 0.4) is 0 Å². The molecule has 5 nitrogen and oxygen atoms in total. The lowest BCUT2D eigenvalue weighted by molar-refractivity contribution is -0.124. The summed E-state index contributed by atoms with van der Waals surface area (Å²) in [6, 6.07) is 2.18. The highest BCUT2D eigenvalue weighted by atomic mass is 16.3. The molecule has 1 heterocycles. The predicted molar refractivity (Wildman–Crippen MR) is 73.2 cm³/mol. The quantitative estimate of drug-likeness (QED) is 0.770. The number of nitrogens with zero attached hydrogens (tertiary/aromatic N) is 2. The van der Waals surface area contributed by atoms with Gasteiger partial charge in [-0.05, 0) is 44.7 Å². The van der Waals surface area contributed by atoms with E-state index in [9.17, 15) is 10.1 Å². The number of hydrogen-bond acceptors (Lipinski definition) is 4. The summed E-state index contributed by atoms with van der Waals surface area (Å²) in [7, 11) is 0. The molecule has 0 aromatic heterocycles. The lowest BCUT2D eigenvalue weighted by atomic mass is 9.90. The molecule has 5 heteroatoms. The summed E-state index contributed by atoms with van der Waals surface area (Å²) < 4.78 is 0. The zero-order valence-corrected chi connectivity index (χ0v) is 12.1. The third kappa shape index (κ3) is 4.48. The van der Waals surface area contributed by atoms with Gasteiger partial charge in [0.1, 0.15) is 5.54 Å². The minimum Gasteiger partial charge on any atom is -0.396 e. The first-order valence-electron chi connectivity index (χ1n) is 6.96. The molecule has 1 aliphatic heterocycles. The van der Waals surface area contributed by atoms with E-state index < -0.39 is 5.54 Å². The Balaban J connectivity index is 2.42. The zero-order valence-electron chi connectivity index (χ0n) is 12.1. The highest BCUT2D eigenvalue weighted by Crippen LogP contribution is 2.17. The van der Waals surface area contributed by atoms with E-state index >= 15 is 0 Å². The van der Waals surface area contributed by atoms with E-state index in [0.29, 0.717) is 12.5 Å². The third-order valence-electron chi connectivity index (χ3n) is 4.12. The zero-order chi connectivity index (χ0) is 14.5. The maximum absolute atomic E-state index is 12.0. The van der Waals surface area contributed by atoms with Crippen LogP contribution in [0.25, 0.3) is 0 Å². The van der Waals surface area contributed by atoms with Crippen LogP contribution >= 0.6 is 0 Å². The van der Waals surface area contributed by atoms with Gasteiger partial charge in [-0.1, -0.05) is 13.8 Å². The molecule has 2 N–H and O–H groups in total. The SMILES string of the molecule is CC(C)[C@@](C)(C#N)NC(=O)CN1CCC(CO)CC1. The maximum atomic E-state index is 12.0. The topological polar surface area (TPSA) is 76.4 Å². The molecule has 1 rings (SSSR count). The van der Waals surface area contributed by atoms with Crippen molar-refractivity contribution in [2.75, 3.05) is 26.2 Å². The van der Waals surface area contributed by atoms with Crippen LogP contribution in [-0.2, 0) is 4.79 Å². The average molecular weight is 267 g/mol. The van der Waals surface area contributed by atoms with E-state index in [-0.39, 0.29) is 18.4 Å². The van der Waals surface area contributed by atoms with Crippen molar-refractivity contribution in [3.05, 3.63) is 0 Å². The summed E-state index contributed by atoms with van der Waals surface area (Å²) in [6.07, 6.45) is 1.87. The molecule has 1 aliphatic rings. The van der Waals surface area contributed by atoms with Crippen molar-refractivity contribution in [3.8, 4) is 6.07 Å². The van der Waals surface area contributed by atoms with Crippen LogP contribution in [0, 0.1) is 23.2 Å². The summed E-state index contributed by atoms with van der Waals surface area (Å²) in [6.45, 7) is 7.86. The molecule has 0 radical (unpaired) electrons. The summed E-state index contributed by atoms with van der Waals surface area (Å²) in [4.78, 5) is 14.1. The molecule has 108 valence electrons. The largest absolute Gasteiger partial charge is 0.396 e. The van der Waals surface area contributed by atoms with Crippen molar-refractivity contribution in [1.29, 1.82) is 5.26 Å². The Bertz CT molecular complexity index is 343. The molecule has 0 bridgehead atoms. The standard InChI is InChI=1S/C14H25N3O2/c1-11(2)14(3,10-15)16-13(19)8-17-6-4-12(9-18)5-7-17/h11-12,18H,4-9H2,1-3H3,(H,16,19)/t14-/m1/s1. The summed E-state index contributed by atoms with van der Waals surface area (Å²) in [5.74, 6) is 0.348. The number of aliphatic hydroxyl groups is 1. The number of carbonyl (C=O) groups excluding carboxylic acids is 1. The second-order valence-corrected chi connectivity index (χ2v) is 5.92. The molecule has 1 atom stereocenters. The molecule has 1 amide bonds. The number of aliphatic hydroxyl groups excluding tert-OH is 1. The number of rotatable bonds is 5. The minimum atomic E-state index is -0.805. The van der Waals surface area contributed by atoms with E-state index in [1.54, 1.807) is 6.92 Å². The van der Waals surface area contributed by atoms with Crippen LogP contribution in [-0.4, -0.2) is 47.7 Å². The number of carbonyl (C=O) groups is 1. The van der Waals surface area contributed by atoms with Crippen molar-refractivity contribution in [1.82, 2.24) is 10.2 Å². The van der Waals surface area contributed by atoms with Gasteiger partial charge >= 0.3 is 0 Å². The monoisotopic (exact) mass is 267 g/mol. The number of piperidine rings is 1. The molecule has 0 unspecified atom stereocenters. The molecule has 1 fully saturated rings. The van der Waals surface area contributed by atoms with E-state index in [2.05, 4.69) is 16.3 Å². The number of hydrogen-bond donors (Lipinski definition) is 2. The van der Waals surface area contributed by atoms with Crippen molar-refractivity contribution in [2.45, 2.75) is 39.2 Å². The second kappa shape index (κ2) is 6.88. The second-order valence-electron chi connectivity index (χ2n) is 5.92. The van der Waals surface area contributed by atoms with Crippen molar-refractivity contribution in [3.63, 3.8) is 0 Å². The molecule has 0 aromatic carbocycles. The molecule has 19 heavy (non-hydrogen) atoms. The van der Waals surface area contributed by atoms with Gasteiger partial charge in [-0.25, -0.2) is 0 Å². The van der Waals surface area contributed by atoms with Crippen molar-refractivity contribution in [2.24, 2.45) is 11.8 Å². The fourth-order valence-electron chi connectivity index (χ4n) is 2.16. The van der Waals surface area contributed by atoms with Gasteiger partial charge in [0, 0.05) is 6.61 Å². The van der Waals surface area contributed by atoms with Gasteiger partial charge in [0.05, 0.1) is 12.6 Å². The first kappa shape index (κ1) is 15.9. The van der Waals surface area contributed by atoms with Gasteiger partial charge in [0.2, 0.25) is 5.91 Å². The molecule has 0 spiro atoms. The Hall–Kier alpha value is -1.12. The Kier molecular flexibility index (Phi) is 5.77. The smallest absolute Gasteiger partial charge is 0.235 e.